The lowest BCUT2D eigenvalue weighted by atomic mass is 10.0. The lowest BCUT2D eigenvalue weighted by molar-refractivity contribution is -0.137. The third-order valence-corrected chi connectivity index (χ3v) is 3.01. The van der Waals surface area contributed by atoms with Gasteiger partial charge in [0.05, 0.1) is 12.7 Å². The lowest BCUT2D eigenvalue weighted by Gasteiger charge is -2.23. The summed E-state index contributed by atoms with van der Waals surface area (Å²) in [6.07, 6.45) is -1.87. The zero-order chi connectivity index (χ0) is 16.9. The molecule has 1 rings (SSSR count). The van der Waals surface area contributed by atoms with Crippen molar-refractivity contribution >= 4 is 28.1 Å². The average molecular weight is 371 g/mol. The maximum atomic E-state index is 11.9. The van der Waals surface area contributed by atoms with Gasteiger partial charge < -0.3 is 14.2 Å². The second-order valence-corrected chi connectivity index (χ2v) is 6.45. The molecule has 0 amide bonds. The lowest BCUT2D eigenvalue weighted by Crippen LogP contribution is -2.27. The van der Waals surface area contributed by atoms with Crippen molar-refractivity contribution < 1.29 is 23.8 Å². The third kappa shape index (κ3) is 5.52. The molecule has 0 fully saturated rings. The number of benzene rings is 1. The summed E-state index contributed by atoms with van der Waals surface area (Å²) in [6.45, 7) is 8.82. The van der Waals surface area contributed by atoms with E-state index in [0.717, 1.165) is 4.47 Å². The van der Waals surface area contributed by atoms with Gasteiger partial charge in [0.1, 0.15) is 5.60 Å². The van der Waals surface area contributed by atoms with Crippen LogP contribution in [0, 0.1) is 0 Å². The number of methoxy groups -OCH3 is 1. The Morgan fingerprint density at radius 2 is 1.91 bits per heavy atom. The molecule has 0 aliphatic carbocycles. The van der Waals surface area contributed by atoms with Crippen molar-refractivity contribution in [1.82, 2.24) is 0 Å². The molecule has 0 aromatic heterocycles. The van der Waals surface area contributed by atoms with Crippen LogP contribution in [-0.4, -0.2) is 24.8 Å². The Balaban J connectivity index is 3.05. The standard InChI is InChI=1S/C16H19BrO5/c1-10(14(18)20-5)13(11-7-6-8-12(17)9-11)21-15(19)22-16(2,3)4/h6-9,13H,1H2,2-5H3. The molecule has 0 N–H and O–H groups in total. The molecule has 0 radical (unpaired) electrons. The number of ether oxygens (including phenoxy) is 3. The molecule has 1 unspecified atom stereocenters. The fourth-order valence-corrected chi connectivity index (χ4v) is 2.04. The largest absolute Gasteiger partial charge is 0.509 e. The minimum atomic E-state index is -0.986. The maximum absolute atomic E-state index is 11.9. The highest BCUT2D eigenvalue weighted by Gasteiger charge is 2.28. The Bertz CT molecular complexity index is 574. The monoisotopic (exact) mass is 370 g/mol. The molecule has 0 heterocycles. The molecule has 0 saturated carbocycles. The van der Waals surface area contributed by atoms with E-state index in [1.807, 2.05) is 6.07 Å². The number of carbonyl (C=O) groups is 2. The number of carbonyl (C=O) groups excluding carboxylic acids is 2. The number of hydrogen-bond acceptors (Lipinski definition) is 5. The van der Waals surface area contributed by atoms with Gasteiger partial charge in [-0.3, -0.25) is 0 Å². The fraction of sp³-hybridized carbons (Fsp3) is 0.375. The van der Waals surface area contributed by atoms with Crippen LogP contribution in [0.15, 0.2) is 40.9 Å². The van der Waals surface area contributed by atoms with Gasteiger partial charge in [0.2, 0.25) is 0 Å². The second kappa shape index (κ2) is 7.45. The fourth-order valence-electron chi connectivity index (χ4n) is 1.62. The zero-order valence-electron chi connectivity index (χ0n) is 13.0. The van der Waals surface area contributed by atoms with Crippen molar-refractivity contribution in [2.45, 2.75) is 32.5 Å². The molecule has 1 atom stereocenters. The van der Waals surface area contributed by atoms with Gasteiger partial charge in [-0.1, -0.05) is 34.6 Å². The van der Waals surface area contributed by atoms with Crippen molar-refractivity contribution in [3.63, 3.8) is 0 Å². The van der Waals surface area contributed by atoms with E-state index in [4.69, 9.17) is 9.47 Å². The Labute approximate surface area is 138 Å². The van der Waals surface area contributed by atoms with Crippen LogP contribution in [0.2, 0.25) is 0 Å². The SMILES string of the molecule is C=C(C(=O)OC)C(OC(=O)OC(C)(C)C)c1cccc(Br)c1. The summed E-state index contributed by atoms with van der Waals surface area (Å²) in [5.41, 5.74) is -0.118. The van der Waals surface area contributed by atoms with E-state index in [0.29, 0.717) is 5.56 Å². The molecule has 0 aliphatic heterocycles. The molecule has 0 spiro atoms. The van der Waals surface area contributed by atoms with Crippen LogP contribution in [0.4, 0.5) is 4.79 Å². The first-order chi connectivity index (χ1) is 10.1. The molecule has 22 heavy (non-hydrogen) atoms. The molecule has 1 aromatic carbocycles. The van der Waals surface area contributed by atoms with Gasteiger partial charge in [-0.05, 0) is 38.5 Å². The highest BCUT2D eigenvalue weighted by atomic mass is 79.9. The van der Waals surface area contributed by atoms with E-state index in [2.05, 4.69) is 27.2 Å². The van der Waals surface area contributed by atoms with Crippen LogP contribution in [0.25, 0.3) is 0 Å². The summed E-state index contributed by atoms with van der Waals surface area (Å²) < 4.78 is 15.8. The molecule has 0 bridgehead atoms. The first kappa shape index (κ1) is 18.2. The van der Waals surface area contributed by atoms with E-state index in [1.54, 1.807) is 39.0 Å². The van der Waals surface area contributed by atoms with E-state index in [1.165, 1.54) is 7.11 Å². The number of rotatable bonds is 4. The molecule has 6 heteroatoms. The maximum Gasteiger partial charge on any atom is 0.509 e. The summed E-state index contributed by atoms with van der Waals surface area (Å²) in [4.78, 5) is 23.6. The van der Waals surface area contributed by atoms with E-state index < -0.39 is 23.8 Å². The third-order valence-electron chi connectivity index (χ3n) is 2.52. The summed E-state index contributed by atoms with van der Waals surface area (Å²) in [5, 5.41) is 0. The van der Waals surface area contributed by atoms with Crippen molar-refractivity contribution in [2.75, 3.05) is 7.11 Å². The molecular weight excluding hydrogens is 352 g/mol. The van der Waals surface area contributed by atoms with Crippen LogP contribution < -0.4 is 0 Å². The van der Waals surface area contributed by atoms with Crippen molar-refractivity contribution in [1.29, 1.82) is 0 Å². The zero-order valence-corrected chi connectivity index (χ0v) is 14.6. The van der Waals surface area contributed by atoms with Gasteiger partial charge in [0.25, 0.3) is 0 Å². The predicted molar refractivity (Wildman–Crippen MR) is 85.4 cm³/mol. The van der Waals surface area contributed by atoms with Gasteiger partial charge in [-0.2, -0.15) is 0 Å². The smallest absolute Gasteiger partial charge is 0.466 e. The first-order valence-corrected chi connectivity index (χ1v) is 7.35. The minimum absolute atomic E-state index is 0.00598. The summed E-state index contributed by atoms with van der Waals surface area (Å²) >= 11 is 3.33. The number of halogens is 1. The summed E-state index contributed by atoms with van der Waals surface area (Å²) in [7, 11) is 1.24. The Morgan fingerprint density at radius 1 is 1.27 bits per heavy atom. The van der Waals surface area contributed by atoms with Crippen molar-refractivity contribution in [3.8, 4) is 0 Å². The van der Waals surface area contributed by atoms with Crippen molar-refractivity contribution in [2.24, 2.45) is 0 Å². The van der Waals surface area contributed by atoms with Crippen LogP contribution in [0.1, 0.15) is 32.4 Å². The van der Waals surface area contributed by atoms with E-state index >= 15 is 0 Å². The average Bonchev–Trinajstić information content (AvgIpc) is 2.41. The predicted octanol–water partition coefficient (Wildman–Crippen LogP) is 4.17. The molecule has 0 aliphatic rings. The molecular formula is C16H19BrO5. The van der Waals surface area contributed by atoms with Gasteiger partial charge in [-0.15, -0.1) is 0 Å². The van der Waals surface area contributed by atoms with Gasteiger partial charge in [0.15, 0.2) is 6.10 Å². The highest BCUT2D eigenvalue weighted by Crippen LogP contribution is 2.29. The van der Waals surface area contributed by atoms with Gasteiger partial charge >= 0.3 is 12.1 Å². The second-order valence-electron chi connectivity index (χ2n) is 5.53. The molecule has 5 nitrogen and oxygen atoms in total. The van der Waals surface area contributed by atoms with Gasteiger partial charge in [-0.25, -0.2) is 9.59 Å². The summed E-state index contributed by atoms with van der Waals surface area (Å²) in [6, 6.07) is 7.02. The van der Waals surface area contributed by atoms with Crippen LogP contribution in [0.3, 0.4) is 0 Å². The van der Waals surface area contributed by atoms with Crippen LogP contribution in [0.5, 0.6) is 0 Å². The quantitative estimate of drug-likeness (QED) is 0.587. The van der Waals surface area contributed by atoms with E-state index in [-0.39, 0.29) is 5.57 Å². The first-order valence-electron chi connectivity index (χ1n) is 6.56. The van der Waals surface area contributed by atoms with E-state index in [9.17, 15) is 9.59 Å². The molecule has 120 valence electrons. The molecule has 0 saturated heterocycles. The Hall–Kier alpha value is -1.82. The van der Waals surface area contributed by atoms with Crippen LogP contribution in [-0.2, 0) is 19.0 Å². The molecule has 1 aromatic rings. The number of hydrogen-bond donors (Lipinski definition) is 0. The Morgan fingerprint density at radius 3 is 2.41 bits per heavy atom. The van der Waals surface area contributed by atoms with Crippen molar-refractivity contribution in [3.05, 3.63) is 46.5 Å². The van der Waals surface area contributed by atoms with Gasteiger partial charge in [0, 0.05) is 4.47 Å². The summed E-state index contributed by atoms with van der Waals surface area (Å²) in [5.74, 6) is -0.659. The Kier molecular flexibility index (Phi) is 6.17. The topological polar surface area (TPSA) is 61.8 Å². The van der Waals surface area contributed by atoms with Crippen LogP contribution >= 0.6 is 15.9 Å². The number of esters is 1. The normalized spacial score (nSPS) is 12.2. The minimum Gasteiger partial charge on any atom is -0.466 e. The highest BCUT2D eigenvalue weighted by molar-refractivity contribution is 9.10.